The van der Waals surface area contributed by atoms with E-state index in [9.17, 15) is 19.5 Å². The zero-order valence-corrected chi connectivity index (χ0v) is 17.1. The number of amides is 3. The van der Waals surface area contributed by atoms with Gasteiger partial charge < -0.3 is 5.11 Å². The van der Waals surface area contributed by atoms with E-state index in [1.807, 2.05) is 0 Å². The van der Waals surface area contributed by atoms with E-state index >= 15 is 0 Å². The van der Waals surface area contributed by atoms with Crippen LogP contribution in [0.15, 0.2) is 53.4 Å². The van der Waals surface area contributed by atoms with Gasteiger partial charge in [0.15, 0.2) is 0 Å². The van der Waals surface area contributed by atoms with Gasteiger partial charge in [-0.2, -0.15) is 0 Å². The van der Waals surface area contributed by atoms with Crippen molar-refractivity contribution in [2.24, 2.45) is 0 Å². The fraction of sp³-hybridized carbons (Fsp3) is 0.100. The Balaban J connectivity index is 1.59. The number of anilines is 1. The van der Waals surface area contributed by atoms with Crippen molar-refractivity contribution >= 4 is 69.4 Å². The Labute approximate surface area is 180 Å². The van der Waals surface area contributed by atoms with Gasteiger partial charge in [0.1, 0.15) is 16.1 Å². The summed E-state index contributed by atoms with van der Waals surface area (Å²) in [7, 11) is 0. The van der Waals surface area contributed by atoms with Crippen molar-refractivity contribution in [2.45, 2.75) is 12.5 Å². The summed E-state index contributed by atoms with van der Waals surface area (Å²) >= 11 is 12.3. The van der Waals surface area contributed by atoms with Crippen LogP contribution in [0, 0.1) is 0 Å². The first-order valence-corrected chi connectivity index (χ1v) is 10.1. The van der Waals surface area contributed by atoms with E-state index in [0.29, 0.717) is 15.6 Å². The number of hydrogen-bond acceptors (Lipinski definition) is 6. The number of hydrogen-bond donors (Lipinski definition) is 1. The van der Waals surface area contributed by atoms with E-state index < -0.39 is 23.8 Å². The maximum absolute atomic E-state index is 12.9. The normalized spacial score (nSPS) is 21.0. The van der Waals surface area contributed by atoms with Gasteiger partial charge in [0.2, 0.25) is 5.91 Å². The molecule has 1 N–H and O–H groups in total. The predicted molar refractivity (Wildman–Crippen MR) is 115 cm³/mol. The molecule has 1 atom stereocenters. The highest BCUT2D eigenvalue weighted by molar-refractivity contribution is 8.26. The van der Waals surface area contributed by atoms with Crippen molar-refractivity contribution in [1.82, 2.24) is 4.90 Å². The third kappa shape index (κ3) is 3.66. The quantitative estimate of drug-likeness (QED) is 0.443. The van der Waals surface area contributed by atoms with Gasteiger partial charge >= 0.3 is 0 Å². The molecule has 2 aliphatic rings. The molecule has 0 radical (unpaired) electrons. The molecule has 2 heterocycles. The number of halogens is 1. The Bertz CT molecular complexity index is 1070. The molecule has 6 nitrogen and oxygen atoms in total. The number of carbonyl (C=O) groups is 3. The maximum atomic E-state index is 12.9. The molecule has 2 aromatic rings. The van der Waals surface area contributed by atoms with Crippen LogP contribution in [0.3, 0.4) is 0 Å². The van der Waals surface area contributed by atoms with Crippen LogP contribution in [0.25, 0.3) is 6.08 Å². The lowest BCUT2D eigenvalue weighted by Crippen LogP contribution is -2.44. The summed E-state index contributed by atoms with van der Waals surface area (Å²) < 4.78 is 0.230. The zero-order chi connectivity index (χ0) is 20.7. The second kappa shape index (κ2) is 7.62. The summed E-state index contributed by atoms with van der Waals surface area (Å²) in [6.45, 7) is 0. The number of nitrogens with zero attached hydrogens (tertiary/aromatic N) is 2. The van der Waals surface area contributed by atoms with Gasteiger partial charge in [0.25, 0.3) is 11.8 Å². The first-order valence-electron chi connectivity index (χ1n) is 8.53. The number of thioether (sulfide) groups is 1. The molecule has 2 aromatic carbocycles. The van der Waals surface area contributed by atoms with Crippen LogP contribution < -0.4 is 4.90 Å². The number of thiocarbonyl (C=S) groups is 1. The maximum Gasteiger partial charge on any atom is 0.266 e. The Hall–Kier alpha value is -2.68. The number of carbonyl (C=O) groups excluding carboxylic acids is 3. The average Bonchev–Trinajstić information content (AvgIpc) is 3.12. The highest BCUT2D eigenvalue weighted by Gasteiger charge is 2.48. The summed E-state index contributed by atoms with van der Waals surface area (Å²) in [6, 6.07) is 11.7. The summed E-state index contributed by atoms with van der Waals surface area (Å²) in [5.74, 6) is -1.34. The predicted octanol–water partition coefficient (Wildman–Crippen LogP) is 3.58. The van der Waals surface area contributed by atoms with Crippen LogP contribution in [0.4, 0.5) is 5.69 Å². The standard InChI is InChI=1S/C20H13ClN2O4S2/c21-12-3-1-11(2-4-12)9-16-19(27)23(20(28)29-16)15-10-17(25)22(18(15)26)13-5-7-14(24)8-6-13/h1-9,15,24H,10H2/b16-9-. The molecule has 2 saturated heterocycles. The topological polar surface area (TPSA) is 77.9 Å². The number of benzene rings is 2. The van der Waals surface area contributed by atoms with Crippen molar-refractivity contribution in [2.75, 3.05) is 4.90 Å². The fourth-order valence-electron chi connectivity index (χ4n) is 3.15. The molecule has 2 aliphatic heterocycles. The molecule has 0 saturated carbocycles. The van der Waals surface area contributed by atoms with Crippen molar-refractivity contribution in [1.29, 1.82) is 0 Å². The molecule has 1 unspecified atom stereocenters. The van der Waals surface area contributed by atoms with Crippen molar-refractivity contribution in [3.63, 3.8) is 0 Å². The van der Waals surface area contributed by atoms with E-state index in [1.165, 1.54) is 29.2 Å². The lowest BCUT2D eigenvalue weighted by atomic mass is 10.2. The molecule has 3 amide bonds. The van der Waals surface area contributed by atoms with Crippen LogP contribution in [0.2, 0.25) is 5.02 Å². The fourth-order valence-corrected chi connectivity index (χ4v) is 4.63. The zero-order valence-electron chi connectivity index (χ0n) is 14.7. The third-order valence-electron chi connectivity index (χ3n) is 4.53. The SMILES string of the molecule is O=C1CC(N2C(=O)/C(=C/c3ccc(Cl)cc3)SC2=S)C(=O)N1c1ccc(O)cc1. The van der Waals surface area contributed by atoms with Crippen LogP contribution in [-0.2, 0) is 14.4 Å². The number of imide groups is 1. The van der Waals surface area contributed by atoms with Gasteiger partial charge in [-0.05, 0) is 48.0 Å². The lowest BCUT2D eigenvalue weighted by Gasteiger charge is -2.21. The average molecular weight is 445 g/mol. The second-order valence-electron chi connectivity index (χ2n) is 6.41. The second-order valence-corrected chi connectivity index (χ2v) is 8.52. The molecule has 0 spiro atoms. The number of phenolic OH excluding ortho intramolecular Hbond substituents is 1. The lowest BCUT2D eigenvalue weighted by molar-refractivity contribution is -0.129. The van der Waals surface area contributed by atoms with Gasteiger partial charge in [-0.1, -0.05) is 47.7 Å². The monoisotopic (exact) mass is 444 g/mol. The summed E-state index contributed by atoms with van der Waals surface area (Å²) in [4.78, 5) is 40.9. The van der Waals surface area contributed by atoms with Gasteiger partial charge in [-0.3, -0.25) is 19.3 Å². The molecule has 2 fully saturated rings. The summed E-state index contributed by atoms with van der Waals surface area (Å²) in [5, 5.41) is 10.00. The molecular weight excluding hydrogens is 432 g/mol. The molecule has 0 aromatic heterocycles. The highest BCUT2D eigenvalue weighted by Crippen LogP contribution is 2.37. The van der Waals surface area contributed by atoms with Crippen LogP contribution >= 0.6 is 35.6 Å². The molecule has 0 aliphatic carbocycles. The molecule has 4 rings (SSSR count). The first kappa shape index (κ1) is 19.6. The Morgan fingerprint density at radius 3 is 2.38 bits per heavy atom. The minimum absolute atomic E-state index is 0.0219. The Morgan fingerprint density at radius 2 is 1.72 bits per heavy atom. The number of aromatic hydroxyl groups is 1. The Kier molecular flexibility index (Phi) is 5.16. The molecular formula is C20H13ClN2O4S2. The van der Waals surface area contributed by atoms with E-state index in [4.69, 9.17) is 23.8 Å². The molecule has 29 heavy (non-hydrogen) atoms. The van der Waals surface area contributed by atoms with Crippen LogP contribution in [-0.4, -0.2) is 38.1 Å². The highest BCUT2D eigenvalue weighted by atomic mass is 35.5. The Morgan fingerprint density at radius 1 is 1.07 bits per heavy atom. The number of rotatable bonds is 3. The van der Waals surface area contributed by atoms with Gasteiger partial charge in [0.05, 0.1) is 17.0 Å². The van der Waals surface area contributed by atoms with Crippen molar-refractivity contribution in [3.8, 4) is 5.75 Å². The van der Waals surface area contributed by atoms with Crippen molar-refractivity contribution in [3.05, 3.63) is 64.0 Å². The molecule has 0 bridgehead atoms. The van der Waals surface area contributed by atoms with Crippen LogP contribution in [0.5, 0.6) is 5.75 Å². The van der Waals surface area contributed by atoms with Crippen LogP contribution in [0.1, 0.15) is 12.0 Å². The van der Waals surface area contributed by atoms with Gasteiger partial charge in [0, 0.05) is 5.02 Å². The van der Waals surface area contributed by atoms with E-state index in [2.05, 4.69) is 0 Å². The van der Waals surface area contributed by atoms with E-state index in [1.54, 1.807) is 30.3 Å². The van der Waals surface area contributed by atoms with E-state index in [-0.39, 0.29) is 16.5 Å². The minimum atomic E-state index is -0.986. The third-order valence-corrected chi connectivity index (χ3v) is 6.12. The number of phenols is 1. The largest absolute Gasteiger partial charge is 0.508 e. The molecule has 9 heteroatoms. The molecule has 146 valence electrons. The summed E-state index contributed by atoms with van der Waals surface area (Å²) in [6.07, 6.45) is 1.52. The van der Waals surface area contributed by atoms with Gasteiger partial charge in [-0.15, -0.1) is 0 Å². The van der Waals surface area contributed by atoms with E-state index in [0.717, 1.165) is 22.2 Å². The van der Waals surface area contributed by atoms with Gasteiger partial charge in [-0.25, -0.2) is 4.90 Å². The smallest absolute Gasteiger partial charge is 0.266 e. The summed E-state index contributed by atoms with van der Waals surface area (Å²) in [5.41, 5.74) is 1.11. The van der Waals surface area contributed by atoms with Crippen molar-refractivity contribution < 1.29 is 19.5 Å². The minimum Gasteiger partial charge on any atom is -0.508 e. The first-order chi connectivity index (χ1) is 13.8.